The number of amides is 3. The van der Waals surface area contributed by atoms with E-state index in [0.29, 0.717) is 56.9 Å². The van der Waals surface area contributed by atoms with Crippen LogP contribution in [0.25, 0.3) is 0 Å². The van der Waals surface area contributed by atoms with Gasteiger partial charge in [-0.1, -0.05) is 47.8 Å². The number of hydrogen-bond acceptors (Lipinski definition) is 6. The van der Waals surface area contributed by atoms with E-state index in [9.17, 15) is 19.5 Å². The number of unbranched alkanes of at least 4 members (excludes halogenated alkanes) is 3. The first-order chi connectivity index (χ1) is 20.8. The van der Waals surface area contributed by atoms with Crippen molar-refractivity contribution in [3.8, 4) is 5.75 Å². The lowest BCUT2D eigenvalue weighted by Gasteiger charge is -2.37. The highest BCUT2D eigenvalue weighted by Gasteiger charge is 2.76. The van der Waals surface area contributed by atoms with Crippen LogP contribution < -0.4 is 9.64 Å². The van der Waals surface area contributed by atoms with Crippen LogP contribution in [-0.2, 0) is 19.1 Å². The minimum Gasteiger partial charge on any atom is -0.494 e. The largest absolute Gasteiger partial charge is 0.494 e. The van der Waals surface area contributed by atoms with Gasteiger partial charge in [0.05, 0.1) is 24.5 Å². The Balaban J connectivity index is 1.72. The molecule has 3 amide bonds. The maximum absolute atomic E-state index is 14.5. The minimum absolute atomic E-state index is 0.00339. The Bertz CT molecular complexity index is 1160. The van der Waals surface area contributed by atoms with Gasteiger partial charge in [-0.25, -0.2) is 0 Å². The highest BCUT2D eigenvalue weighted by Crippen LogP contribution is 2.60. The molecule has 1 N–H and O–H groups in total. The number of ether oxygens (including phenoxy) is 2. The predicted octanol–water partition coefficient (Wildman–Crippen LogP) is 4.33. The SMILES string of the molecule is C=CCN(CCCCC)C(=O)C1N(CCCCO)C(=O)[C@@H]2[C@@H](C(=O)N(CC=C)c3ccc(OCC)cc3)[C@@H]3OC12CC3Br. The lowest BCUT2D eigenvalue weighted by Crippen LogP contribution is -2.57. The molecule has 0 aliphatic carbocycles. The predicted molar refractivity (Wildman–Crippen MR) is 170 cm³/mol. The summed E-state index contributed by atoms with van der Waals surface area (Å²) in [6.45, 7) is 13.8. The highest BCUT2D eigenvalue weighted by molar-refractivity contribution is 9.09. The number of carbonyl (C=O) groups excluding carboxylic acids is 3. The molecular formula is C33H46BrN3O6. The first-order valence-electron chi connectivity index (χ1n) is 15.6. The van der Waals surface area contributed by atoms with Crippen molar-refractivity contribution in [3.63, 3.8) is 0 Å². The second kappa shape index (κ2) is 14.9. The maximum Gasteiger partial charge on any atom is 0.248 e. The summed E-state index contributed by atoms with van der Waals surface area (Å²) in [5.74, 6) is -1.49. The summed E-state index contributed by atoms with van der Waals surface area (Å²) in [4.78, 5) is 48.0. The number of fused-ring (bicyclic) bond motifs is 1. The fourth-order valence-electron chi connectivity index (χ4n) is 7.02. The van der Waals surface area contributed by atoms with Gasteiger partial charge in [0, 0.05) is 43.3 Å². The monoisotopic (exact) mass is 659 g/mol. The van der Waals surface area contributed by atoms with Gasteiger partial charge in [0.25, 0.3) is 0 Å². The van der Waals surface area contributed by atoms with E-state index >= 15 is 0 Å². The number of likely N-dealkylation sites (tertiary alicyclic amines) is 1. The van der Waals surface area contributed by atoms with E-state index < -0.39 is 29.6 Å². The molecule has 10 heteroatoms. The van der Waals surface area contributed by atoms with Gasteiger partial charge in [-0.3, -0.25) is 14.4 Å². The van der Waals surface area contributed by atoms with Gasteiger partial charge >= 0.3 is 0 Å². The quantitative estimate of drug-likeness (QED) is 0.152. The van der Waals surface area contributed by atoms with Crippen molar-refractivity contribution in [2.75, 3.05) is 44.3 Å². The average Bonchev–Trinajstić information content (AvgIpc) is 3.59. The van der Waals surface area contributed by atoms with Gasteiger partial charge in [-0.15, -0.1) is 13.2 Å². The van der Waals surface area contributed by atoms with Gasteiger partial charge in [-0.2, -0.15) is 0 Å². The van der Waals surface area contributed by atoms with E-state index in [2.05, 4.69) is 36.0 Å². The van der Waals surface area contributed by atoms with Crippen LogP contribution in [0.3, 0.4) is 0 Å². The van der Waals surface area contributed by atoms with Crippen molar-refractivity contribution >= 4 is 39.3 Å². The van der Waals surface area contributed by atoms with Crippen LogP contribution in [0.4, 0.5) is 5.69 Å². The first kappa shape index (κ1) is 33.2. The molecule has 9 nitrogen and oxygen atoms in total. The average molecular weight is 661 g/mol. The van der Waals surface area contributed by atoms with Crippen LogP contribution in [0.5, 0.6) is 5.75 Å². The van der Waals surface area contributed by atoms with Gasteiger partial charge in [0.2, 0.25) is 17.7 Å². The Morgan fingerprint density at radius 3 is 2.47 bits per heavy atom. The fraction of sp³-hybridized carbons (Fsp3) is 0.606. The molecule has 3 saturated heterocycles. The number of halogens is 1. The molecule has 4 rings (SSSR count). The Labute approximate surface area is 264 Å². The van der Waals surface area contributed by atoms with Crippen molar-refractivity contribution in [2.45, 2.75) is 74.9 Å². The molecule has 3 unspecified atom stereocenters. The maximum atomic E-state index is 14.5. The molecule has 3 fully saturated rings. The summed E-state index contributed by atoms with van der Waals surface area (Å²) in [6, 6.07) is 6.44. The second-order valence-corrected chi connectivity index (χ2v) is 12.7. The number of benzene rings is 1. The molecule has 0 aromatic heterocycles. The number of aliphatic hydroxyl groups is 1. The summed E-state index contributed by atoms with van der Waals surface area (Å²) in [5.41, 5.74) is -0.461. The van der Waals surface area contributed by atoms with Gasteiger partial charge in [0.15, 0.2) is 0 Å². The topological polar surface area (TPSA) is 99.6 Å². The van der Waals surface area contributed by atoms with E-state index in [1.807, 2.05) is 31.2 Å². The fourth-order valence-corrected chi connectivity index (χ4v) is 7.96. The van der Waals surface area contributed by atoms with Gasteiger partial charge in [-0.05, 0) is 56.9 Å². The van der Waals surface area contributed by atoms with Crippen molar-refractivity contribution in [3.05, 3.63) is 49.6 Å². The number of aliphatic hydroxyl groups excluding tert-OH is 1. The highest BCUT2D eigenvalue weighted by atomic mass is 79.9. The lowest BCUT2D eigenvalue weighted by atomic mass is 9.70. The summed E-state index contributed by atoms with van der Waals surface area (Å²) in [5, 5.41) is 9.45. The van der Waals surface area contributed by atoms with Crippen molar-refractivity contribution < 1.29 is 29.0 Å². The normalized spacial score (nSPS) is 27.2. The van der Waals surface area contributed by atoms with Gasteiger partial charge in [0.1, 0.15) is 17.4 Å². The Kier molecular flexibility index (Phi) is 11.5. The number of anilines is 1. The molecule has 3 aliphatic heterocycles. The molecule has 1 aromatic rings. The smallest absolute Gasteiger partial charge is 0.248 e. The Hall–Kier alpha value is -2.69. The molecule has 1 aromatic carbocycles. The third-order valence-corrected chi connectivity index (χ3v) is 9.69. The number of alkyl halides is 1. The zero-order valence-electron chi connectivity index (χ0n) is 25.5. The summed E-state index contributed by atoms with van der Waals surface area (Å²) >= 11 is 3.77. The van der Waals surface area contributed by atoms with Crippen LogP contribution in [0.1, 0.15) is 52.4 Å². The van der Waals surface area contributed by atoms with Gasteiger partial charge < -0.3 is 29.3 Å². The molecule has 0 radical (unpaired) electrons. The first-order valence-corrected chi connectivity index (χ1v) is 16.5. The summed E-state index contributed by atoms with van der Waals surface area (Å²) < 4.78 is 12.3. The molecule has 1 spiro atoms. The van der Waals surface area contributed by atoms with E-state index in [1.165, 1.54) is 0 Å². The Morgan fingerprint density at radius 1 is 1.12 bits per heavy atom. The van der Waals surface area contributed by atoms with Crippen molar-refractivity contribution in [2.24, 2.45) is 11.8 Å². The molecule has 0 saturated carbocycles. The van der Waals surface area contributed by atoms with E-state index in [0.717, 1.165) is 19.3 Å². The third-order valence-electron chi connectivity index (χ3n) is 8.85. The lowest BCUT2D eigenvalue weighted by molar-refractivity contribution is -0.147. The van der Waals surface area contributed by atoms with E-state index in [1.54, 1.807) is 26.9 Å². The molecule has 3 heterocycles. The van der Waals surface area contributed by atoms with Crippen LogP contribution in [0.15, 0.2) is 49.6 Å². The van der Waals surface area contributed by atoms with Crippen LogP contribution in [0, 0.1) is 11.8 Å². The molecule has 236 valence electrons. The van der Waals surface area contributed by atoms with Crippen LogP contribution in [0.2, 0.25) is 0 Å². The number of rotatable bonds is 17. The molecule has 43 heavy (non-hydrogen) atoms. The van der Waals surface area contributed by atoms with Crippen molar-refractivity contribution in [1.29, 1.82) is 0 Å². The molecule has 6 atom stereocenters. The van der Waals surface area contributed by atoms with Crippen LogP contribution in [-0.4, -0.2) is 94.6 Å². The Morgan fingerprint density at radius 2 is 1.84 bits per heavy atom. The molecular weight excluding hydrogens is 614 g/mol. The standard InChI is InChI=1S/C33H46BrN3O6/c1-5-9-10-19-35(17-6-2)32(41)29-33-22-25(34)28(43-33)26(27(33)31(40)37(29)20-11-12-21-38)30(39)36(18-7-3)23-13-15-24(16-14-23)42-8-4/h6-7,13-16,25-29,38H,2-3,5,8-12,17-22H2,1,4H3/t25?,26-,27+,28-,29?,33?/m1/s1. The molecule has 3 aliphatic rings. The zero-order chi connectivity index (χ0) is 31.1. The van der Waals surface area contributed by atoms with E-state index in [4.69, 9.17) is 9.47 Å². The number of carbonyl (C=O) groups is 3. The second-order valence-electron chi connectivity index (χ2n) is 11.6. The summed E-state index contributed by atoms with van der Waals surface area (Å²) in [6.07, 6.45) is 7.18. The summed E-state index contributed by atoms with van der Waals surface area (Å²) in [7, 11) is 0. The third kappa shape index (κ3) is 6.42. The molecule has 2 bridgehead atoms. The van der Waals surface area contributed by atoms with E-state index in [-0.39, 0.29) is 35.7 Å². The number of hydrogen-bond donors (Lipinski definition) is 1. The zero-order valence-corrected chi connectivity index (χ0v) is 27.0. The van der Waals surface area contributed by atoms with Crippen molar-refractivity contribution in [1.82, 2.24) is 9.80 Å². The number of nitrogens with zero attached hydrogens (tertiary/aromatic N) is 3. The van der Waals surface area contributed by atoms with Crippen LogP contribution >= 0.6 is 15.9 Å². The minimum atomic E-state index is -1.13.